The van der Waals surface area contributed by atoms with Crippen molar-refractivity contribution in [1.82, 2.24) is 20.4 Å². The number of likely N-dealkylation sites (N-methyl/N-ethyl adjacent to an activating group) is 1. The predicted octanol–water partition coefficient (Wildman–Crippen LogP) is 2.23. The zero-order chi connectivity index (χ0) is 22.2. The van der Waals surface area contributed by atoms with Gasteiger partial charge in [-0.25, -0.2) is 0 Å². The molecule has 2 atom stereocenters. The Bertz CT molecular complexity index is 800. The van der Waals surface area contributed by atoms with E-state index in [4.69, 9.17) is 4.99 Å². The second-order valence-corrected chi connectivity index (χ2v) is 8.46. The van der Waals surface area contributed by atoms with Crippen LogP contribution in [0.3, 0.4) is 0 Å². The smallest absolute Gasteiger partial charge is 0.239 e. The Kier molecular flexibility index (Phi) is 10.7. The summed E-state index contributed by atoms with van der Waals surface area (Å²) >= 11 is 0. The van der Waals surface area contributed by atoms with Crippen LogP contribution in [0.1, 0.15) is 44.1 Å². The fourth-order valence-corrected chi connectivity index (χ4v) is 4.37. The van der Waals surface area contributed by atoms with Crippen molar-refractivity contribution in [2.24, 2.45) is 4.99 Å². The summed E-state index contributed by atoms with van der Waals surface area (Å²) in [5, 5.41) is 9.63. The highest BCUT2D eigenvalue weighted by Gasteiger charge is 2.31. The number of benzene rings is 1. The number of hydrogen-bond donors (Lipinski definition) is 3. The molecule has 3 rings (SSSR count). The third kappa shape index (κ3) is 7.06. The van der Waals surface area contributed by atoms with Crippen molar-refractivity contribution >= 4 is 47.4 Å². The van der Waals surface area contributed by atoms with Gasteiger partial charge in [-0.15, -0.1) is 24.0 Å². The summed E-state index contributed by atoms with van der Waals surface area (Å²) in [6.45, 7) is 6.05. The van der Waals surface area contributed by atoms with Crippen molar-refractivity contribution in [3.8, 4) is 0 Å². The van der Waals surface area contributed by atoms with Crippen LogP contribution >= 0.6 is 24.0 Å². The zero-order valence-corrected chi connectivity index (χ0v) is 21.7. The largest absolute Gasteiger partial charge is 0.357 e. The molecule has 0 radical (unpaired) electrons. The Labute approximate surface area is 208 Å². The van der Waals surface area contributed by atoms with Gasteiger partial charge in [-0.1, -0.05) is 18.2 Å². The molecule has 2 aliphatic rings. The number of guanidine groups is 1. The lowest BCUT2D eigenvalue weighted by molar-refractivity contribution is -0.133. The van der Waals surface area contributed by atoms with Crippen molar-refractivity contribution < 1.29 is 9.59 Å². The van der Waals surface area contributed by atoms with Crippen LogP contribution in [-0.2, 0) is 9.59 Å². The molecule has 2 unspecified atom stereocenters. The fraction of sp³-hybridized carbons (Fsp3) is 0.609. The van der Waals surface area contributed by atoms with Crippen molar-refractivity contribution in [2.75, 3.05) is 52.1 Å². The molecular formula is C23H37IN6O2. The second kappa shape index (κ2) is 13.0. The number of carbonyl (C=O) groups excluding carboxylic acids is 2. The standard InChI is InChI=1S/C23H36N6O2.HI/c1-4-24-23(25-12-8-14-29-13-7-11-20(29)22(31)28(2)3)26-16-17-15-21(30)27-19-10-6-5-9-18(17)19;/h5-6,9-10,17,20H,4,7-8,11-16H2,1-3H3,(H,27,30)(H2,24,25,26);1H. The summed E-state index contributed by atoms with van der Waals surface area (Å²) in [5.74, 6) is 1.11. The number of carbonyl (C=O) groups is 2. The highest BCUT2D eigenvalue weighted by Crippen LogP contribution is 2.31. The van der Waals surface area contributed by atoms with Gasteiger partial charge in [-0.05, 0) is 44.4 Å². The number of hydrogen-bond acceptors (Lipinski definition) is 4. The molecule has 1 saturated heterocycles. The molecule has 178 valence electrons. The second-order valence-electron chi connectivity index (χ2n) is 8.46. The summed E-state index contributed by atoms with van der Waals surface area (Å²) < 4.78 is 0. The minimum atomic E-state index is 0. The van der Waals surface area contributed by atoms with E-state index in [9.17, 15) is 9.59 Å². The van der Waals surface area contributed by atoms with Gasteiger partial charge in [-0.3, -0.25) is 19.5 Å². The third-order valence-corrected chi connectivity index (χ3v) is 5.92. The van der Waals surface area contributed by atoms with Crippen LogP contribution in [0.15, 0.2) is 29.3 Å². The minimum Gasteiger partial charge on any atom is -0.357 e. The van der Waals surface area contributed by atoms with Gasteiger partial charge in [0.2, 0.25) is 11.8 Å². The molecule has 0 spiro atoms. The molecule has 8 nitrogen and oxygen atoms in total. The van der Waals surface area contributed by atoms with E-state index >= 15 is 0 Å². The average Bonchev–Trinajstić information content (AvgIpc) is 3.22. The average molecular weight is 556 g/mol. The molecule has 1 aromatic carbocycles. The van der Waals surface area contributed by atoms with Crippen LogP contribution in [0.25, 0.3) is 0 Å². The molecule has 0 aliphatic carbocycles. The number of halogens is 1. The predicted molar refractivity (Wildman–Crippen MR) is 140 cm³/mol. The molecule has 9 heteroatoms. The molecule has 1 fully saturated rings. The van der Waals surface area contributed by atoms with Crippen molar-refractivity contribution in [1.29, 1.82) is 0 Å². The van der Waals surface area contributed by atoms with Crippen LogP contribution in [0, 0.1) is 0 Å². The first kappa shape index (κ1) is 26.4. The maximum Gasteiger partial charge on any atom is 0.239 e. The van der Waals surface area contributed by atoms with E-state index < -0.39 is 0 Å². The molecule has 3 N–H and O–H groups in total. The number of rotatable bonds is 8. The lowest BCUT2D eigenvalue weighted by atomic mass is 9.91. The number of nitrogens with one attached hydrogen (secondary N) is 3. The molecule has 32 heavy (non-hydrogen) atoms. The molecule has 0 aromatic heterocycles. The molecule has 0 bridgehead atoms. The van der Waals surface area contributed by atoms with Gasteiger partial charge < -0.3 is 20.9 Å². The van der Waals surface area contributed by atoms with E-state index in [1.165, 1.54) is 0 Å². The number of fused-ring (bicyclic) bond motifs is 1. The number of aliphatic imine (C=N–C) groups is 1. The number of anilines is 1. The molecule has 2 heterocycles. The maximum absolute atomic E-state index is 12.3. The van der Waals surface area contributed by atoms with Crippen LogP contribution in [0.4, 0.5) is 5.69 Å². The Morgan fingerprint density at radius 1 is 1.28 bits per heavy atom. The van der Waals surface area contributed by atoms with E-state index in [2.05, 4.69) is 26.9 Å². The van der Waals surface area contributed by atoms with Crippen molar-refractivity contribution in [3.63, 3.8) is 0 Å². The molecule has 0 saturated carbocycles. The summed E-state index contributed by atoms with van der Waals surface area (Å²) in [6, 6.07) is 7.97. The molecule has 2 aliphatic heterocycles. The van der Waals surface area contributed by atoms with Gasteiger partial charge in [0.1, 0.15) is 0 Å². The summed E-state index contributed by atoms with van der Waals surface area (Å²) in [6.07, 6.45) is 3.43. The normalized spacial score (nSPS) is 20.7. The van der Waals surface area contributed by atoms with Crippen LogP contribution in [-0.4, -0.2) is 80.4 Å². The summed E-state index contributed by atoms with van der Waals surface area (Å²) in [5.41, 5.74) is 2.04. The van der Waals surface area contributed by atoms with Gasteiger partial charge in [0.25, 0.3) is 0 Å². The van der Waals surface area contributed by atoms with Gasteiger partial charge in [0.05, 0.1) is 12.6 Å². The van der Waals surface area contributed by atoms with E-state index in [-0.39, 0.29) is 47.8 Å². The number of likely N-dealkylation sites (tertiary alicyclic amines) is 1. The Hall–Kier alpha value is -1.88. The Morgan fingerprint density at radius 2 is 2.06 bits per heavy atom. The Morgan fingerprint density at radius 3 is 2.81 bits per heavy atom. The zero-order valence-electron chi connectivity index (χ0n) is 19.4. The van der Waals surface area contributed by atoms with E-state index in [1.54, 1.807) is 4.90 Å². The van der Waals surface area contributed by atoms with Gasteiger partial charge in [-0.2, -0.15) is 0 Å². The van der Waals surface area contributed by atoms with Crippen molar-refractivity contribution in [2.45, 2.75) is 44.6 Å². The van der Waals surface area contributed by atoms with E-state index in [1.807, 2.05) is 39.2 Å². The fourth-order valence-electron chi connectivity index (χ4n) is 4.37. The lowest BCUT2D eigenvalue weighted by Crippen LogP contribution is -2.44. The van der Waals surface area contributed by atoms with Gasteiger partial charge >= 0.3 is 0 Å². The highest BCUT2D eigenvalue weighted by molar-refractivity contribution is 14.0. The van der Waals surface area contributed by atoms with E-state index in [0.29, 0.717) is 13.0 Å². The SMILES string of the molecule is CCNC(=NCC1CC(=O)Nc2ccccc21)NCCCN1CCCC1C(=O)N(C)C.I. The topological polar surface area (TPSA) is 89.1 Å². The quantitative estimate of drug-likeness (QED) is 0.198. The third-order valence-electron chi connectivity index (χ3n) is 5.92. The monoisotopic (exact) mass is 556 g/mol. The Balaban J connectivity index is 0.00000363. The molecule has 2 amide bonds. The maximum atomic E-state index is 12.3. The summed E-state index contributed by atoms with van der Waals surface area (Å²) in [7, 11) is 3.65. The van der Waals surface area contributed by atoms with E-state index in [0.717, 1.165) is 62.7 Å². The van der Waals surface area contributed by atoms with Gasteiger partial charge in [0, 0.05) is 51.8 Å². The van der Waals surface area contributed by atoms with Crippen LogP contribution < -0.4 is 16.0 Å². The van der Waals surface area contributed by atoms with Gasteiger partial charge in [0.15, 0.2) is 5.96 Å². The highest BCUT2D eigenvalue weighted by atomic mass is 127. The first-order valence-electron chi connectivity index (χ1n) is 11.4. The number of amides is 2. The minimum absolute atomic E-state index is 0. The molecular weight excluding hydrogens is 519 g/mol. The van der Waals surface area contributed by atoms with Crippen LogP contribution in [0.2, 0.25) is 0 Å². The van der Waals surface area contributed by atoms with Crippen LogP contribution in [0.5, 0.6) is 0 Å². The number of nitrogens with zero attached hydrogens (tertiary/aromatic N) is 3. The lowest BCUT2D eigenvalue weighted by Gasteiger charge is -2.26. The summed E-state index contributed by atoms with van der Waals surface area (Å²) in [4.78, 5) is 33.1. The first-order chi connectivity index (χ1) is 15.0. The molecule has 1 aromatic rings. The number of para-hydroxylation sites is 1. The van der Waals surface area contributed by atoms with Crippen molar-refractivity contribution in [3.05, 3.63) is 29.8 Å². The first-order valence-corrected chi connectivity index (χ1v) is 11.4.